The quantitative estimate of drug-likeness (QED) is 0.713. The molecule has 0 spiro atoms. The van der Waals surface area contributed by atoms with Crippen molar-refractivity contribution in [3.05, 3.63) is 23.8 Å². The first-order valence-corrected chi connectivity index (χ1v) is 7.00. The van der Waals surface area contributed by atoms with Gasteiger partial charge in [0.2, 0.25) is 0 Å². The second-order valence-electron chi connectivity index (χ2n) is 4.74. The Kier molecular flexibility index (Phi) is 6.40. The van der Waals surface area contributed by atoms with E-state index in [0.717, 1.165) is 29.9 Å². The Morgan fingerprint density at radius 2 is 1.68 bits per heavy atom. The molecule has 0 fully saturated rings. The van der Waals surface area contributed by atoms with Gasteiger partial charge >= 0.3 is 0 Å². The smallest absolute Gasteiger partial charge is 0.161 e. The van der Waals surface area contributed by atoms with Gasteiger partial charge < -0.3 is 9.47 Å². The molecule has 0 saturated carbocycles. The molecular weight excluding hydrogens is 240 g/mol. The van der Waals surface area contributed by atoms with Crippen LogP contribution in [0, 0.1) is 0 Å². The van der Waals surface area contributed by atoms with Gasteiger partial charge in [-0.25, -0.2) is 0 Å². The van der Waals surface area contributed by atoms with E-state index in [2.05, 4.69) is 13.8 Å². The van der Waals surface area contributed by atoms with Gasteiger partial charge in [0.1, 0.15) is 5.78 Å². The van der Waals surface area contributed by atoms with Gasteiger partial charge in [-0.05, 0) is 37.5 Å². The summed E-state index contributed by atoms with van der Waals surface area (Å²) in [7, 11) is 0. The van der Waals surface area contributed by atoms with Crippen LogP contribution >= 0.6 is 0 Å². The van der Waals surface area contributed by atoms with Crippen molar-refractivity contribution in [2.75, 3.05) is 13.2 Å². The SMILES string of the molecule is CCCOc1ccc(C(C)C(C)=O)cc1OCCC. The Bertz CT molecular complexity index is 412. The fourth-order valence-electron chi connectivity index (χ4n) is 1.68. The fraction of sp³-hybridized carbons (Fsp3) is 0.562. The van der Waals surface area contributed by atoms with Crippen LogP contribution in [-0.2, 0) is 4.79 Å². The lowest BCUT2D eigenvalue weighted by molar-refractivity contribution is -0.118. The van der Waals surface area contributed by atoms with Crippen molar-refractivity contribution in [2.45, 2.75) is 46.5 Å². The van der Waals surface area contributed by atoms with E-state index in [-0.39, 0.29) is 11.7 Å². The maximum Gasteiger partial charge on any atom is 0.161 e. The number of benzene rings is 1. The van der Waals surface area contributed by atoms with Crippen LogP contribution in [0.1, 0.15) is 52.0 Å². The highest BCUT2D eigenvalue weighted by Crippen LogP contribution is 2.31. The summed E-state index contributed by atoms with van der Waals surface area (Å²) in [5.74, 6) is 1.54. The highest BCUT2D eigenvalue weighted by molar-refractivity contribution is 5.83. The van der Waals surface area contributed by atoms with Crippen LogP contribution in [-0.4, -0.2) is 19.0 Å². The van der Waals surface area contributed by atoms with E-state index in [4.69, 9.17) is 9.47 Å². The normalized spacial score (nSPS) is 12.0. The molecule has 1 unspecified atom stereocenters. The summed E-state index contributed by atoms with van der Waals surface area (Å²) in [6.07, 6.45) is 1.90. The number of hydrogen-bond acceptors (Lipinski definition) is 3. The van der Waals surface area contributed by atoms with Gasteiger partial charge in [-0.3, -0.25) is 4.79 Å². The molecule has 1 rings (SSSR count). The fourth-order valence-corrected chi connectivity index (χ4v) is 1.68. The molecule has 0 bridgehead atoms. The average Bonchev–Trinajstić information content (AvgIpc) is 2.42. The topological polar surface area (TPSA) is 35.5 Å². The van der Waals surface area contributed by atoms with Crippen LogP contribution in [0.2, 0.25) is 0 Å². The van der Waals surface area contributed by atoms with Crippen LogP contribution in [0.15, 0.2) is 18.2 Å². The molecule has 19 heavy (non-hydrogen) atoms. The highest BCUT2D eigenvalue weighted by atomic mass is 16.5. The molecule has 0 heterocycles. The molecule has 0 saturated heterocycles. The van der Waals surface area contributed by atoms with Crippen LogP contribution < -0.4 is 9.47 Å². The van der Waals surface area contributed by atoms with Gasteiger partial charge in [0.25, 0.3) is 0 Å². The second-order valence-corrected chi connectivity index (χ2v) is 4.74. The van der Waals surface area contributed by atoms with Gasteiger partial charge in [0, 0.05) is 5.92 Å². The maximum atomic E-state index is 11.5. The van der Waals surface area contributed by atoms with Gasteiger partial charge in [-0.15, -0.1) is 0 Å². The van der Waals surface area contributed by atoms with Crippen molar-refractivity contribution in [3.63, 3.8) is 0 Å². The minimum Gasteiger partial charge on any atom is -0.490 e. The summed E-state index contributed by atoms with van der Waals surface area (Å²) in [4.78, 5) is 11.5. The van der Waals surface area contributed by atoms with Crippen LogP contribution in [0.3, 0.4) is 0 Å². The minimum atomic E-state index is -0.107. The van der Waals surface area contributed by atoms with Gasteiger partial charge in [-0.2, -0.15) is 0 Å². The Balaban J connectivity index is 2.96. The molecule has 0 amide bonds. The monoisotopic (exact) mass is 264 g/mol. The Labute approximate surface area is 115 Å². The van der Waals surface area contributed by atoms with E-state index in [1.165, 1.54) is 0 Å². The predicted octanol–water partition coefficient (Wildman–Crippen LogP) is 3.96. The van der Waals surface area contributed by atoms with E-state index in [1.54, 1.807) is 6.92 Å². The summed E-state index contributed by atoms with van der Waals surface area (Å²) >= 11 is 0. The van der Waals surface area contributed by atoms with Gasteiger partial charge in [-0.1, -0.05) is 26.8 Å². The van der Waals surface area contributed by atoms with Gasteiger partial charge in [0.15, 0.2) is 11.5 Å². The summed E-state index contributed by atoms with van der Waals surface area (Å²) in [6, 6.07) is 5.76. The third kappa shape index (κ3) is 4.58. The molecule has 0 aromatic heterocycles. The molecule has 0 aliphatic carbocycles. The molecule has 0 N–H and O–H groups in total. The Morgan fingerprint density at radius 3 is 2.21 bits per heavy atom. The third-order valence-electron chi connectivity index (χ3n) is 3.00. The van der Waals surface area contributed by atoms with Crippen molar-refractivity contribution in [2.24, 2.45) is 0 Å². The standard InChI is InChI=1S/C16H24O3/c1-5-9-18-15-8-7-14(12(3)13(4)17)11-16(15)19-10-6-2/h7-8,11-12H,5-6,9-10H2,1-4H3. The van der Waals surface area contributed by atoms with Crippen LogP contribution in [0.25, 0.3) is 0 Å². The minimum absolute atomic E-state index is 0.107. The molecule has 106 valence electrons. The predicted molar refractivity (Wildman–Crippen MR) is 77.1 cm³/mol. The number of carbonyl (C=O) groups is 1. The first kappa shape index (κ1) is 15.5. The van der Waals surface area contributed by atoms with E-state index in [1.807, 2.05) is 25.1 Å². The summed E-state index contributed by atoms with van der Waals surface area (Å²) in [6.45, 7) is 8.98. The summed E-state index contributed by atoms with van der Waals surface area (Å²) < 4.78 is 11.4. The second kappa shape index (κ2) is 7.82. The van der Waals surface area contributed by atoms with Gasteiger partial charge in [0.05, 0.1) is 13.2 Å². The van der Waals surface area contributed by atoms with Crippen molar-refractivity contribution in [3.8, 4) is 11.5 Å². The third-order valence-corrected chi connectivity index (χ3v) is 3.00. The average molecular weight is 264 g/mol. The van der Waals surface area contributed by atoms with E-state index in [9.17, 15) is 4.79 Å². The summed E-state index contributed by atoms with van der Waals surface area (Å²) in [5, 5.41) is 0. The largest absolute Gasteiger partial charge is 0.490 e. The Hall–Kier alpha value is -1.51. The van der Waals surface area contributed by atoms with E-state index in [0.29, 0.717) is 13.2 Å². The zero-order valence-electron chi connectivity index (χ0n) is 12.4. The molecule has 0 aliphatic rings. The van der Waals surface area contributed by atoms with E-state index < -0.39 is 0 Å². The number of hydrogen-bond donors (Lipinski definition) is 0. The molecule has 1 aromatic carbocycles. The number of Topliss-reactive ketones (excluding diaryl/α,β-unsaturated/α-hetero) is 1. The molecule has 1 aromatic rings. The molecule has 3 nitrogen and oxygen atoms in total. The first-order chi connectivity index (χ1) is 9.10. The lowest BCUT2D eigenvalue weighted by Crippen LogP contribution is -2.06. The highest BCUT2D eigenvalue weighted by Gasteiger charge is 2.14. The van der Waals surface area contributed by atoms with Crippen molar-refractivity contribution in [1.29, 1.82) is 0 Å². The number of ketones is 1. The van der Waals surface area contributed by atoms with Crippen LogP contribution in [0.4, 0.5) is 0 Å². The zero-order chi connectivity index (χ0) is 14.3. The molecule has 0 radical (unpaired) electrons. The number of carbonyl (C=O) groups excluding carboxylic acids is 1. The molecule has 0 aliphatic heterocycles. The summed E-state index contributed by atoms with van der Waals surface area (Å²) in [5.41, 5.74) is 0.974. The van der Waals surface area contributed by atoms with Crippen molar-refractivity contribution in [1.82, 2.24) is 0 Å². The van der Waals surface area contributed by atoms with Crippen LogP contribution in [0.5, 0.6) is 11.5 Å². The van der Waals surface area contributed by atoms with E-state index >= 15 is 0 Å². The maximum absolute atomic E-state index is 11.5. The Morgan fingerprint density at radius 1 is 1.11 bits per heavy atom. The number of ether oxygens (including phenoxy) is 2. The molecule has 3 heteroatoms. The lowest BCUT2D eigenvalue weighted by Gasteiger charge is -2.15. The molecular formula is C16H24O3. The zero-order valence-corrected chi connectivity index (χ0v) is 12.4. The number of rotatable bonds is 8. The van der Waals surface area contributed by atoms with Crippen molar-refractivity contribution >= 4 is 5.78 Å². The first-order valence-electron chi connectivity index (χ1n) is 7.00. The lowest BCUT2D eigenvalue weighted by atomic mass is 9.97. The molecule has 1 atom stereocenters. The van der Waals surface area contributed by atoms with Crippen molar-refractivity contribution < 1.29 is 14.3 Å².